The molecule has 0 aliphatic heterocycles. The molecule has 6 nitrogen and oxygen atoms in total. The molecule has 0 N–H and O–H groups in total. The fourth-order valence-corrected chi connectivity index (χ4v) is 4.86. The minimum absolute atomic E-state index is 0.0618. The molecule has 1 unspecified atom stereocenters. The summed E-state index contributed by atoms with van der Waals surface area (Å²) in [5.74, 6) is 0.0168. The lowest BCUT2D eigenvalue weighted by atomic mass is 9.62. The summed E-state index contributed by atoms with van der Waals surface area (Å²) in [5.41, 5.74) is 0.190. The van der Waals surface area contributed by atoms with Crippen molar-refractivity contribution in [3.8, 4) is 0 Å². The molecule has 0 aromatic heterocycles. The third kappa shape index (κ3) is 10.4. The van der Waals surface area contributed by atoms with E-state index < -0.39 is 11.9 Å². The maximum absolute atomic E-state index is 11.8. The van der Waals surface area contributed by atoms with Gasteiger partial charge in [0.05, 0.1) is 6.61 Å². The molecule has 1 atom stereocenters. The summed E-state index contributed by atoms with van der Waals surface area (Å²) in [7, 11) is 0. The van der Waals surface area contributed by atoms with Gasteiger partial charge in [-0.1, -0.05) is 33.6 Å². The van der Waals surface area contributed by atoms with Crippen molar-refractivity contribution in [3.05, 3.63) is 0 Å². The number of carbonyl (C=O) groups excluding carboxylic acids is 4. The predicted molar refractivity (Wildman–Crippen MR) is 119 cm³/mol. The summed E-state index contributed by atoms with van der Waals surface area (Å²) >= 11 is 0. The Balaban J connectivity index is 2.46. The fraction of sp³-hybridized carbons (Fsp3) is 0.840. The molecule has 31 heavy (non-hydrogen) atoms. The van der Waals surface area contributed by atoms with Gasteiger partial charge < -0.3 is 9.47 Å². The monoisotopic (exact) mass is 438 g/mol. The number of rotatable bonds is 14. The summed E-state index contributed by atoms with van der Waals surface area (Å²) in [4.78, 5) is 45.3. The Morgan fingerprint density at radius 2 is 1.45 bits per heavy atom. The summed E-state index contributed by atoms with van der Waals surface area (Å²) in [5, 5.41) is 0. The first-order valence-electron chi connectivity index (χ1n) is 11.9. The highest BCUT2D eigenvalue weighted by atomic mass is 16.5. The maximum Gasteiger partial charge on any atom is 0.313 e. The highest BCUT2D eigenvalue weighted by molar-refractivity contribution is 5.94. The highest BCUT2D eigenvalue weighted by Gasteiger charge is 2.39. The molecule has 1 fully saturated rings. The Morgan fingerprint density at radius 3 is 2.00 bits per heavy atom. The number of carbonyl (C=O) groups is 4. The van der Waals surface area contributed by atoms with Gasteiger partial charge in [-0.05, 0) is 76.0 Å². The number of esters is 2. The molecule has 0 aromatic carbocycles. The van der Waals surface area contributed by atoms with E-state index in [-0.39, 0.29) is 35.9 Å². The van der Waals surface area contributed by atoms with Crippen LogP contribution in [0.1, 0.15) is 105 Å². The number of unbranched alkanes of at least 4 members (excludes halogenated alkanes) is 1. The number of ether oxygens (including phenoxy) is 2. The van der Waals surface area contributed by atoms with Gasteiger partial charge in [-0.15, -0.1) is 0 Å². The van der Waals surface area contributed by atoms with Gasteiger partial charge in [0.15, 0.2) is 0 Å². The van der Waals surface area contributed by atoms with Crippen molar-refractivity contribution in [2.24, 2.45) is 17.3 Å². The molecule has 0 spiro atoms. The normalized spacial score (nSPS) is 20.0. The van der Waals surface area contributed by atoms with Crippen molar-refractivity contribution in [2.75, 3.05) is 6.61 Å². The SMILES string of the molecule is CCCC(CCCCOC(=O)CC(C)=O)C(C)(C)C1CCC(OC(=O)CC(C)=O)CC1. The smallest absolute Gasteiger partial charge is 0.313 e. The highest BCUT2D eigenvalue weighted by Crippen LogP contribution is 2.47. The van der Waals surface area contributed by atoms with Gasteiger partial charge in [0.1, 0.15) is 30.5 Å². The van der Waals surface area contributed by atoms with Crippen LogP contribution in [0, 0.1) is 17.3 Å². The van der Waals surface area contributed by atoms with E-state index in [9.17, 15) is 19.2 Å². The Morgan fingerprint density at radius 1 is 0.871 bits per heavy atom. The van der Waals surface area contributed by atoms with Crippen molar-refractivity contribution in [2.45, 2.75) is 111 Å². The van der Waals surface area contributed by atoms with Crippen LogP contribution >= 0.6 is 0 Å². The van der Waals surface area contributed by atoms with Crippen molar-refractivity contribution in [1.29, 1.82) is 0 Å². The van der Waals surface area contributed by atoms with Gasteiger partial charge in [0.25, 0.3) is 0 Å². The first-order valence-corrected chi connectivity index (χ1v) is 11.9. The molecule has 0 saturated heterocycles. The Kier molecular flexibility index (Phi) is 12.0. The Bertz CT molecular complexity index is 601. The zero-order chi connectivity index (χ0) is 23.4. The molecule has 0 heterocycles. The van der Waals surface area contributed by atoms with Crippen molar-refractivity contribution >= 4 is 23.5 Å². The second kappa shape index (κ2) is 13.6. The quantitative estimate of drug-likeness (QED) is 0.210. The van der Waals surface area contributed by atoms with E-state index >= 15 is 0 Å². The second-order valence-corrected chi connectivity index (χ2v) is 9.74. The van der Waals surface area contributed by atoms with Gasteiger partial charge >= 0.3 is 11.9 Å². The lowest BCUT2D eigenvalue weighted by molar-refractivity contribution is -0.153. The van der Waals surface area contributed by atoms with Gasteiger partial charge in [0.2, 0.25) is 0 Å². The van der Waals surface area contributed by atoms with Crippen molar-refractivity contribution < 1.29 is 28.7 Å². The molecule has 1 aliphatic carbocycles. The number of hydrogen-bond donors (Lipinski definition) is 0. The van der Waals surface area contributed by atoms with E-state index in [1.807, 2.05) is 0 Å². The predicted octanol–water partition coefficient (Wildman–Crippen LogP) is 5.20. The van der Waals surface area contributed by atoms with Crippen LogP contribution in [-0.4, -0.2) is 36.2 Å². The summed E-state index contributed by atoms with van der Waals surface area (Å²) in [6.07, 6.45) is 8.69. The standard InChI is InChI=1S/C25H42O6/c1-6-9-20(10-7-8-15-30-23(28)16-18(2)26)25(4,5)21-11-13-22(14-12-21)31-24(29)17-19(3)27/h20-22H,6-17H2,1-5H3. The molecule has 0 bridgehead atoms. The minimum Gasteiger partial charge on any atom is -0.465 e. The van der Waals surface area contributed by atoms with E-state index in [2.05, 4.69) is 20.8 Å². The molecule has 0 radical (unpaired) electrons. The van der Waals surface area contributed by atoms with E-state index in [0.717, 1.165) is 51.4 Å². The van der Waals surface area contributed by atoms with E-state index in [1.165, 1.54) is 20.3 Å². The molecule has 1 rings (SSSR count). The van der Waals surface area contributed by atoms with E-state index in [4.69, 9.17) is 9.47 Å². The first kappa shape index (κ1) is 27.3. The molecule has 6 heteroatoms. The lowest BCUT2D eigenvalue weighted by Crippen LogP contribution is -2.37. The zero-order valence-electron chi connectivity index (χ0n) is 20.2. The Labute approximate surface area is 187 Å². The molecule has 1 saturated carbocycles. The second-order valence-electron chi connectivity index (χ2n) is 9.74. The summed E-state index contributed by atoms with van der Waals surface area (Å²) in [6, 6.07) is 0. The van der Waals surface area contributed by atoms with Crippen LogP contribution in [0.15, 0.2) is 0 Å². The van der Waals surface area contributed by atoms with Gasteiger partial charge in [-0.2, -0.15) is 0 Å². The zero-order valence-corrected chi connectivity index (χ0v) is 20.2. The molecule has 0 amide bonds. The van der Waals surface area contributed by atoms with Crippen LogP contribution in [-0.2, 0) is 28.7 Å². The third-order valence-corrected chi connectivity index (χ3v) is 6.71. The molecule has 178 valence electrons. The molecular formula is C25H42O6. The van der Waals surface area contributed by atoms with Crippen LogP contribution in [0.3, 0.4) is 0 Å². The topological polar surface area (TPSA) is 86.7 Å². The number of Topliss-reactive ketones (excluding diaryl/α,β-unsaturated/α-hetero) is 2. The van der Waals surface area contributed by atoms with Crippen molar-refractivity contribution in [1.82, 2.24) is 0 Å². The molecular weight excluding hydrogens is 396 g/mol. The van der Waals surface area contributed by atoms with E-state index in [1.54, 1.807) is 0 Å². The number of hydrogen-bond acceptors (Lipinski definition) is 6. The van der Waals surface area contributed by atoms with Crippen LogP contribution in [0.5, 0.6) is 0 Å². The molecule has 1 aliphatic rings. The van der Waals surface area contributed by atoms with Gasteiger partial charge in [-0.25, -0.2) is 0 Å². The first-order chi connectivity index (χ1) is 14.6. The van der Waals surface area contributed by atoms with Crippen LogP contribution in [0.2, 0.25) is 0 Å². The van der Waals surface area contributed by atoms with Crippen molar-refractivity contribution in [3.63, 3.8) is 0 Å². The lowest BCUT2D eigenvalue weighted by Gasteiger charge is -2.44. The average molecular weight is 439 g/mol. The van der Waals surface area contributed by atoms with Gasteiger partial charge in [-0.3, -0.25) is 19.2 Å². The largest absolute Gasteiger partial charge is 0.465 e. The third-order valence-electron chi connectivity index (χ3n) is 6.71. The number of ketones is 2. The van der Waals surface area contributed by atoms with Gasteiger partial charge in [0, 0.05) is 0 Å². The van der Waals surface area contributed by atoms with E-state index in [0.29, 0.717) is 18.4 Å². The minimum atomic E-state index is -0.432. The molecule has 0 aromatic rings. The van der Waals surface area contributed by atoms with Crippen LogP contribution in [0.4, 0.5) is 0 Å². The summed E-state index contributed by atoms with van der Waals surface area (Å²) < 4.78 is 10.6. The Hall–Kier alpha value is -1.72. The van der Waals surface area contributed by atoms with Crippen LogP contribution in [0.25, 0.3) is 0 Å². The van der Waals surface area contributed by atoms with Crippen LogP contribution < -0.4 is 0 Å². The maximum atomic E-state index is 11.8. The fourth-order valence-electron chi connectivity index (χ4n) is 4.86. The average Bonchev–Trinajstić information content (AvgIpc) is 2.66. The summed E-state index contributed by atoms with van der Waals surface area (Å²) in [6.45, 7) is 10.1.